The number of nitrogen functional groups attached to an aromatic ring is 1. The van der Waals surface area contributed by atoms with E-state index in [4.69, 9.17) is 5.73 Å². The first-order valence-corrected chi connectivity index (χ1v) is 8.39. The number of sulfonamides is 1. The zero-order chi connectivity index (χ0) is 14.8. The standard InChI is InChI=1S/C14H22N2O3S/c1-11-6-7-14(13(15)10-11)20(18,19)16(8-9-17)12-4-2-3-5-12/h6-7,10,12,17H,2-5,8-9,15H2,1H3. The van der Waals surface area contributed by atoms with Crippen LogP contribution in [0.25, 0.3) is 0 Å². The maximum absolute atomic E-state index is 12.8. The molecule has 0 unspecified atom stereocenters. The van der Waals surface area contributed by atoms with Crippen molar-refractivity contribution in [1.82, 2.24) is 4.31 Å². The van der Waals surface area contributed by atoms with Gasteiger partial charge in [-0.1, -0.05) is 18.9 Å². The van der Waals surface area contributed by atoms with E-state index in [9.17, 15) is 13.5 Å². The maximum atomic E-state index is 12.8. The zero-order valence-corrected chi connectivity index (χ0v) is 12.6. The van der Waals surface area contributed by atoms with Crippen molar-refractivity contribution in [2.75, 3.05) is 18.9 Å². The first-order chi connectivity index (χ1) is 9.46. The van der Waals surface area contributed by atoms with Crippen molar-refractivity contribution in [1.29, 1.82) is 0 Å². The minimum atomic E-state index is -3.65. The summed E-state index contributed by atoms with van der Waals surface area (Å²) in [5.74, 6) is 0. The van der Waals surface area contributed by atoms with E-state index in [0.29, 0.717) is 0 Å². The van der Waals surface area contributed by atoms with Crippen LogP contribution < -0.4 is 5.73 Å². The fourth-order valence-electron chi connectivity index (χ4n) is 2.82. The third kappa shape index (κ3) is 2.97. The molecule has 1 aromatic rings. The molecule has 1 aliphatic rings. The van der Waals surface area contributed by atoms with Crippen molar-refractivity contribution in [3.8, 4) is 0 Å². The van der Waals surface area contributed by atoms with Crippen molar-refractivity contribution in [3.05, 3.63) is 23.8 Å². The van der Waals surface area contributed by atoms with E-state index in [2.05, 4.69) is 0 Å². The van der Waals surface area contributed by atoms with Gasteiger partial charge in [-0.25, -0.2) is 8.42 Å². The number of aliphatic hydroxyl groups is 1. The summed E-state index contributed by atoms with van der Waals surface area (Å²) in [6, 6.07) is 4.94. The normalized spacial score (nSPS) is 16.9. The van der Waals surface area contributed by atoms with Crippen LogP contribution in [0.2, 0.25) is 0 Å². The second-order valence-electron chi connectivity index (χ2n) is 5.32. The van der Waals surface area contributed by atoms with Crippen LogP contribution in [0.15, 0.2) is 23.1 Å². The molecule has 0 radical (unpaired) electrons. The lowest BCUT2D eigenvalue weighted by Crippen LogP contribution is -2.40. The number of nitrogens with zero attached hydrogens (tertiary/aromatic N) is 1. The number of benzene rings is 1. The molecule has 0 amide bonds. The third-order valence-corrected chi connectivity index (χ3v) is 5.83. The van der Waals surface area contributed by atoms with Crippen LogP contribution in [-0.2, 0) is 10.0 Å². The topological polar surface area (TPSA) is 83.6 Å². The average molecular weight is 298 g/mol. The molecule has 0 aliphatic heterocycles. The Hall–Kier alpha value is -1.11. The van der Waals surface area contributed by atoms with E-state index in [1.165, 1.54) is 4.31 Å². The lowest BCUT2D eigenvalue weighted by molar-refractivity contribution is 0.226. The van der Waals surface area contributed by atoms with E-state index < -0.39 is 10.0 Å². The van der Waals surface area contributed by atoms with Crippen LogP contribution in [0.5, 0.6) is 0 Å². The van der Waals surface area contributed by atoms with Gasteiger partial charge in [-0.2, -0.15) is 4.31 Å². The molecule has 1 saturated carbocycles. The summed E-state index contributed by atoms with van der Waals surface area (Å²) in [4.78, 5) is 0.142. The Morgan fingerprint density at radius 1 is 1.35 bits per heavy atom. The average Bonchev–Trinajstić information content (AvgIpc) is 2.88. The lowest BCUT2D eigenvalue weighted by atomic mass is 10.2. The molecule has 6 heteroatoms. The molecule has 112 valence electrons. The Labute approximate surface area is 120 Å². The van der Waals surface area contributed by atoms with E-state index in [-0.39, 0.29) is 29.8 Å². The van der Waals surface area contributed by atoms with Crippen molar-refractivity contribution in [2.24, 2.45) is 0 Å². The summed E-state index contributed by atoms with van der Waals surface area (Å²) in [5, 5.41) is 9.18. The quantitative estimate of drug-likeness (QED) is 0.807. The number of rotatable bonds is 5. The molecule has 0 atom stereocenters. The van der Waals surface area contributed by atoms with E-state index in [1.807, 2.05) is 6.92 Å². The molecule has 1 aliphatic carbocycles. The molecular formula is C14H22N2O3S. The summed E-state index contributed by atoms with van der Waals surface area (Å²) >= 11 is 0. The first-order valence-electron chi connectivity index (χ1n) is 6.95. The fraction of sp³-hybridized carbons (Fsp3) is 0.571. The Morgan fingerprint density at radius 3 is 2.55 bits per heavy atom. The van der Waals surface area contributed by atoms with Gasteiger partial charge >= 0.3 is 0 Å². The highest BCUT2D eigenvalue weighted by Crippen LogP contribution is 2.30. The molecule has 0 heterocycles. The lowest BCUT2D eigenvalue weighted by Gasteiger charge is -2.28. The minimum Gasteiger partial charge on any atom is -0.398 e. The predicted molar refractivity (Wildman–Crippen MR) is 78.8 cm³/mol. The molecule has 20 heavy (non-hydrogen) atoms. The number of hydrogen-bond donors (Lipinski definition) is 2. The van der Waals surface area contributed by atoms with Gasteiger partial charge in [0.2, 0.25) is 10.0 Å². The number of anilines is 1. The zero-order valence-electron chi connectivity index (χ0n) is 11.7. The molecule has 5 nitrogen and oxygen atoms in total. The van der Waals surface area contributed by atoms with Crippen molar-refractivity contribution in [3.63, 3.8) is 0 Å². The molecule has 0 spiro atoms. The number of hydrogen-bond acceptors (Lipinski definition) is 4. The second kappa shape index (κ2) is 6.11. The van der Waals surface area contributed by atoms with E-state index in [1.54, 1.807) is 18.2 Å². The predicted octanol–water partition coefficient (Wildman–Crippen LogP) is 1.50. The van der Waals surface area contributed by atoms with Gasteiger partial charge in [-0.3, -0.25) is 0 Å². The van der Waals surface area contributed by atoms with Gasteiger partial charge in [0.25, 0.3) is 0 Å². The van der Waals surface area contributed by atoms with Gasteiger partial charge in [0.1, 0.15) is 4.90 Å². The van der Waals surface area contributed by atoms with Gasteiger partial charge in [0.05, 0.1) is 12.3 Å². The van der Waals surface area contributed by atoms with Gasteiger partial charge in [-0.15, -0.1) is 0 Å². The van der Waals surface area contributed by atoms with Crippen molar-refractivity contribution in [2.45, 2.75) is 43.5 Å². The van der Waals surface area contributed by atoms with E-state index >= 15 is 0 Å². The highest BCUT2D eigenvalue weighted by Gasteiger charge is 2.33. The first kappa shape index (κ1) is 15.3. The molecule has 3 N–H and O–H groups in total. The highest BCUT2D eigenvalue weighted by molar-refractivity contribution is 7.89. The third-order valence-electron chi connectivity index (χ3n) is 3.80. The number of nitrogens with two attached hydrogens (primary N) is 1. The fourth-order valence-corrected chi connectivity index (χ4v) is 4.59. The van der Waals surface area contributed by atoms with Crippen LogP contribution in [0.1, 0.15) is 31.2 Å². The number of aliphatic hydroxyl groups excluding tert-OH is 1. The second-order valence-corrected chi connectivity index (χ2v) is 7.18. The molecule has 1 fully saturated rings. The Kier molecular flexibility index (Phi) is 4.67. The van der Waals surface area contributed by atoms with Gasteiger partial charge in [-0.05, 0) is 37.5 Å². The Morgan fingerprint density at radius 2 is 2.00 bits per heavy atom. The summed E-state index contributed by atoms with van der Waals surface area (Å²) in [6.45, 7) is 1.82. The molecule has 0 saturated heterocycles. The number of aryl methyl sites for hydroxylation is 1. The van der Waals surface area contributed by atoms with Crippen molar-refractivity contribution >= 4 is 15.7 Å². The maximum Gasteiger partial charge on any atom is 0.245 e. The summed E-state index contributed by atoms with van der Waals surface area (Å²) in [6.07, 6.45) is 3.77. The van der Waals surface area contributed by atoms with Crippen LogP contribution in [0, 0.1) is 6.92 Å². The monoisotopic (exact) mass is 298 g/mol. The van der Waals surface area contributed by atoms with Gasteiger partial charge < -0.3 is 10.8 Å². The van der Waals surface area contributed by atoms with E-state index in [0.717, 1.165) is 31.2 Å². The van der Waals surface area contributed by atoms with Crippen LogP contribution in [0.4, 0.5) is 5.69 Å². The van der Waals surface area contributed by atoms with Gasteiger partial charge in [0, 0.05) is 12.6 Å². The van der Waals surface area contributed by atoms with Gasteiger partial charge in [0.15, 0.2) is 0 Å². The summed E-state index contributed by atoms with van der Waals surface area (Å²) in [5.41, 5.74) is 7.07. The smallest absolute Gasteiger partial charge is 0.245 e. The Balaban J connectivity index is 2.39. The SMILES string of the molecule is Cc1ccc(S(=O)(=O)N(CCO)C2CCCC2)c(N)c1. The van der Waals surface area contributed by atoms with Crippen LogP contribution in [0.3, 0.4) is 0 Å². The molecular weight excluding hydrogens is 276 g/mol. The molecule has 0 aromatic heterocycles. The molecule has 1 aromatic carbocycles. The minimum absolute atomic E-state index is 0.0205. The van der Waals surface area contributed by atoms with Crippen molar-refractivity contribution < 1.29 is 13.5 Å². The Bertz CT molecular complexity index is 566. The van der Waals surface area contributed by atoms with Crippen LogP contribution in [-0.4, -0.2) is 37.0 Å². The summed E-state index contributed by atoms with van der Waals surface area (Å²) in [7, 11) is -3.65. The summed E-state index contributed by atoms with van der Waals surface area (Å²) < 4.78 is 27.0. The largest absolute Gasteiger partial charge is 0.398 e. The molecule has 0 bridgehead atoms. The highest BCUT2D eigenvalue weighted by atomic mass is 32.2. The van der Waals surface area contributed by atoms with Crippen LogP contribution >= 0.6 is 0 Å². The molecule has 2 rings (SSSR count).